The number of hydrogen-bond acceptors (Lipinski definition) is 4. The average molecular weight is 297 g/mol. The third kappa shape index (κ3) is 3.58. The molecule has 6 nitrogen and oxygen atoms in total. The van der Waals surface area contributed by atoms with Crippen molar-refractivity contribution in [2.75, 3.05) is 6.54 Å². The standard InChI is InChI=1S/C16H19N5O/c22-16(17-10-9-13-5-2-1-3-6-13)14-7-4-8-15(20-14)21-11-18-19-12-21/h4-5,7-8,11-12H,1-3,6,9-10H2,(H,17,22). The Morgan fingerprint density at radius 2 is 2.09 bits per heavy atom. The van der Waals surface area contributed by atoms with Gasteiger partial charge in [0.15, 0.2) is 0 Å². The van der Waals surface area contributed by atoms with Gasteiger partial charge in [0.1, 0.15) is 24.2 Å². The van der Waals surface area contributed by atoms with Gasteiger partial charge in [-0.25, -0.2) is 4.98 Å². The number of allylic oxidation sites excluding steroid dienone is 1. The van der Waals surface area contributed by atoms with Crippen molar-refractivity contribution in [1.29, 1.82) is 0 Å². The largest absolute Gasteiger partial charge is 0.350 e. The molecule has 2 aromatic heterocycles. The third-order valence-corrected chi connectivity index (χ3v) is 3.77. The van der Waals surface area contributed by atoms with E-state index in [1.54, 1.807) is 29.4 Å². The quantitative estimate of drug-likeness (QED) is 0.859. The molecule has 0 aromatic carbocycles. The van der Waals surface area contributed by atoms with Gasteiger partial charge in [0.05, 0.1) is 0 Å². The molecule has 1 amide bonds. The topological polar surface area (TPSA) is 72.7 Å². The van der Waals surface area contributed by atoms with Crippen LogP contribution in [-0.4, -0.2) is 32.2 Å². The Hall–Kier alpha value is -2.50. The molecule has 0 fully saturated rings. The molecule has 0 atom stereocenters. The lowest BCUT2D eigenvalue weighted by Crippen LogP contribution is -2.26. The van der Waals surface area contributed by atoms with Crippen LogP contribution in [-0.2, 0) is 0 Å². The minimum absolute atomic E-state index is 0.147. The van der Waals surface area contributed by atoms with Gasteiger partial charge in [-0.05, 0) is 44.2 Å². The number of carbonyl (C=O) groups excluding carboxylic acids is 1. The van der Waals surface area contributed by atoms with Crippen molar-refractivity contribution < 1.29 is 4.79 Å². The summed E-state index contributed by atoms with van der Waals surface area (Å²) in [6.07, 6.45) is 11.2. The molecule has 0 saturated carbocycles. The van der Waals surface area contributed by atoms with Crippen LogP contribution in [0.3, 0.4) is 0 Å². The number of amides is 1. The Bertz CT molecular complexity index is 663. The Morgan fingerprint density at radius 1 is 1.23 bits per heavy atom. The molecule has 0 aliphatic heterocycles. The van der Waals surface area contributed by atoms with E-state index in [1.807, 2.05) is 6.07 Å². The zero-order valence-corrected chi connectivity index (χ0v) is 12.4. The number of rotatable bonds is 5. The van der Waals surface area contributed by atoms with Crippen molar-refractivity contribution in [3.05, 3.63) is 48.2 Å². The first-order chi connectivity index (χ1) is 10.8. The van der Waals surface area contributed by atoms with E-state index in [-0.39, 0.29) is 5.91 Å². The Kier molecular flexibility index (Phi) is 4.58. The molecule has 0 unspecified atom stereocenters. The maximum absolute atomic E-state index is 12.2. The van der Waals surface area contributed by atoms with Gasteiger partial charge in [0, 0.05) is 6.54 Å². The van der Waals surface area contributed by atoms with Crippen molar-refractivity contribution in [3.63, 3.8) is 0 Å². The molecule has 1 aliphatic carbocycles. The molecule has 3 rings (SSSR count). The van der Waals surface area contributed by atoms with Gasteiger partial charge in [0.25, 0.3) is 5.91 Å². The lowest BCUT2D eigenvalue weighted by molar-refractivity contribution is 0.0949. The van der Waals surface area contributed by atoms with E-state index in [0.717, 1.165) is 12.8 Å². The maximum atomic E-state index is 12.2. The number of nitrogens with zero attached hydrogens (tertiary/aromatic N) is 4. The molecule has 6 heteroatoms. The molecule has 0 spiro atoms. The number of aromatic nitrogens is 4. The highest BCUT2D eigenvalue weighted by molar-refractivity contribution is 5.92. The lowest BCUT2D eigenvalue weighted by Gasteiger charge is -2.13. The molecule has 1 N–H and O–H groups in total. The monoisotopic (exact) mass is 297 g/mol. The van der Waals surface area contributed by atoms with Crippen LogP contribution >= 0.6 is 0 Å². The molecule has 2 heterocycles. The Balaban J connectivity index is 1.58. The van der Waals surface area contributed by atoms with Crippen LogP contribution in [0.5, 0.6) is 0 Å². The molecule has 2 aromatic rings. The van der Waals surface area contributed by atoms with Gasteiger partial charge in [-0.3, -0.25) is 9.36 Å². The smallest absolute Gasteiger partial charge is 0.269 e. The van der Waals surface area contributed by atoms with Crippen LogP contribution < -0.4 is 5.32 Å². The summed E-state index contributed by atoms with van der Waals surface area (Å²) in [5, 5.41) is 10.4. The van der Waals surface area contributed by atoms with Crippen LogP contribution in [0, 0.1) is 0 Å². The van der Waals surface area contributed by atoms with Gasteiger partial charge < -0.3 is 5.32 Å². The predicted octanol–water partition coefficient (Wildman–Crippen LogP) is 2.28. The average Bonchev–Trinajstić information content (AvgIpc) is 3.10. The SMILES string of the molecule is O=C(NCCC1=CCCCC1)c1cccc(-n2cnnc2)n1. The van der Waals surface area contributed by atoms with E-state index >= 15 is 0 Å². The molecule has 114 valence electrons. The highest BCUT2D eigenvalue weighted by Gasteiger charge is 2.09. The minimum atomic E-state index is -0.147. The van der Waals surface area contributed by atoms with Gasteiger partial charge >= 0.3 is 0 Å². The maximum Gasteiger partial charge on any atom is 0.269 e. The number of carbonyl (C=O) groups is 1. The summed E-state index contributed by atoms with van der Waals surface area (Å²) in [5.41, 5.74) is 1.86. The normalized spacial score (nSPS) is 14.5. The summed E-state index contributed by atoms with van der Waals surface area (Å²) in [7, 11) is 0. The fraction of sp³-hybridized carbons (Fsp3) is 0.375. The summed E-state index contributed by atoms with van der Waals surface area (Å²) in [6.45, 7) is 0.656. The fourth-order valence-corrected chi connectivity index (χ4v) is 2.57. The third-order valence-electron chi connectivity index (χ3n) is 3.77. The first-order valence-electron chi connectivity index (χ1n) is 7.61. The van der Waals surface area contributed by atoms with Gasteiger partial charge in [-0.2, -0.15) is 0 Å². The van der Waals surface area contributed by atoms with Gasteiger partial charge in [0.2, 0.25) is 0 Å². The summed E-state index contributed by atoms with van der Waals surface area (Å²) in [5.74, 6) is 0.485. The van der Waals surface area contributed by atoms with Crippen LogP contribution in [0.4, 0.5) is 0 Å². The lowest BCUT2D eigenvalue weighted by atomic mass is 9.97. The first-order valence-corrected chi connectivity index (χ1v) is 7.61. The molecule has 22 heavy (non-hydrogen) atoms. The zero-order chi connectivity index (χ0) is 15.2. The van der Waals surface area contributed by atoms with Crippen molar-refractivity contribution >= 4 is 5.91 Å². The molecule has 1 aliphatic rings. The second-order valence-electron chi connectivity index (χ2n) is 5.36. The van der Waals surface area contributed by atoms with Crippen LogP contribution in [0.25, 0.3) is 5.82 Å². The van der Waals surface area contributed by atoms with Crippen molar-refractivity contribution in [2.24, 2.45) is 0 Å². The van der Waals surface area contributed by atoms with Crippen LogP contribution in [0.2, 0.25) is 0 Å². The van der Waals surface area contributed by atoms with E-state index in [4.69, 9.17) is 0 Å². The van der Waals surface area contributed by atoms with Crippen LogP contribution in [0.15, 0.2) is 42.5 Å². The summed E-state index contributed by atoms with van der Waals surface area (Å²) in [4.78, 5) is 16.5. The molecular weight excluding hydrogens is 278 g/mol. The zero-order valence-electron chi connectivity index (χ0n) is 12.4. The molecule has 0 bridgehead atoms. The highest BCUT2D eigenvalue weighted by atomic mass is 16.1. The summed E-state index contributed by atoms with van der Waals surface area (Å²) in [6, 6.07) is 5.33. The highest BCUT2D eigenvalue weighted by Crippen LogP contribution is 2.19. The number of nitrogens with one attached hydrogen (secondary N) is 1. The van der Waals surface area contributed by atoms with Gasteiger partial charge in [-0.1, -0.05) is 17.7 Å². The number of hydrogen-bond donors (Lipinski definition) is 1. The number of pyridine rings is 1. The van der Waals surface area contributed by atoms with Crippen molar-refractivity contribution in [2.45, 2.75) is 32.1 Å². The van der Waals surface area contributed by atoms with E-state index in [2.05, 4.69) is 26.6 Å². The van der Waals surface area contributed by atoms with Crippen molar-refractivity contribution in [3.8, 4) is 5.82 Å². The Labute approximate surface area is 129 Å². The van der Waals surface area contributed by atoms with E-state index in [0.29, 0.717) is 18.1 Å². The summed E-state index contributed by atoms with van der Waals surface area (Å²) >= 11 is 0. The molecule has 0 radical (unpaired) electrons. The summed E-state index contributed by atoms with van der Waals surface area (Å²) < 4.78 is 1.67. The van der Waals surface area contributed by atoms with Gasteiger partial charge in [-0.15, -0.1) is 10.2 Å². The van der Waals surface area contributed by atoms with E-state index in [1.165, 1.54) is 24.8 Å². The minimum Gasteiger partial charge on any atom is -0.350 e. The van der Waals surface area contributed by atoms with Crippen molar-refractivity contribution in [1.82, 2.24) is 25.1 Å². The first kappa shape index (κ1) is 14.4. The van der Waals surface area contributed by atoms with E-state index in [9.17, 15) is 4.79 Å². The Morgan fingerprint density at radius 3 is 2.86 bits per heavy atom. The molecule has 0 saturated heterocycles. The molecular formula is C16H19N5O. The predicted molar refractivity (Wildman–Crippen MR) is 82.7 cm³/mol. The van der Waals surface area contributed by atoms with E-state index < -0.39 is 0 Å². The van der Waals surface area contributed by atoms with Crippen LogP contribution in [0.1, 0.15) is 42.6 Å². The second-order valence-corrected chi connectivity index (χ2v) is 5.36. The fourth-order valence-electron chi connectivity index (χ4n) is 2.57. The second kappa shape index (κ2) is 6.98.